The molecule has 0 spiro atoms. The summed E-state index contributed by atoms with van der Waals surface area (Å²) in [4.78, 5) is 12.8. The van der Waals surface area contributed by atoms with Gasteiger partial charge in [0.2, 0.25) is 0 Å². The van der Waals surface area contributed by atoms with Crippen LogP contribution in [0.5, 0.6) is 5.75 Å². The van der Waals surface area contributed by atoms with Gasteiger partial charge in [-0.05, 0) is 69.1 Å². The number of rotatable bonds is 1. The lowest BCUT2D eigenvalue weighted by molar-refractivity contribution is -0.110. The van der Waals surface area contributed by atoms with Gasteiger partial charge in [0.15, 0.2) is 0 Å². The molecule has 0 radical (unpaired) electrons. The monoisotopic (exact) mass is 519 g/mol. The largest absolute Gasteiger partial charge is 0.507 e. The molecule has 0 aliphatic carbocycles. The van der Waals surface area contributed by atoms with Crippen LogP contribution in [0.2, 0.25) is 0 Å². The quantitative estimate of drug-likeness (QED) is 0.387. The number of phenolic OH excluding ortho intramolecular Hbond substituents is 1. The van der Waals surface area contributed by atoms with Gasteiger partial charge >= 0.3 is 0 Å². The molecule has 2 aromatic carbocycles. The van der Waals surface area contributed by atoms with E-state index in [1.165, 1.54) is 0 Å². The third-order valence-corrected chi connectivity index (χ3v) is 6.74. The molecule has 1 heterocycles. The number of carbonyl (C=O) groups excluding carboxylic acids is 1. The lowest BCUT2D eigenvalue weighted by atomic mass is 9.78. The maximum Gasteiger partial charge on any atom is 0.256 e. The molecule has 2 aromatic rings. The Morgan fingerprint density at radius 2 is 1.45 bits per heavy atom. The molecule has 5 heteroatoms. The van der Waals surface area contributed by atoms with Crippen LogP contribution in [0.3, 0.4) is 0 Å². The molecule has 0 atom stereocenters. The number of fused-ring (bicyclic) bond motifs is 1. The SMILES string of the molecule is Cc1c(Br)cc(Br)c2c1C(=Cc1cc(C(C)(C)C)c(O)c(C(C)(C)C)c1)C(=O)N2. The highest BCUT2D eigenvalue weighted by molar-refractivity contribution is 9.11. The number of amides is 1. The molecule has 3 rings (SSSR count). The maximum absolute atomic E-state index is 12.8. The molecule has 1 aliphatic heterocycles. The van der Waals surface area contributed by atoms with Gasteiger partial charge in [0.05, 0.1) is 5.69 Å². The third-order valence-electron chi connectivity index (χ3n) is 5.29. The minimum atomic E-state index is -0.226. The fourth-order valence-corrected chi connectivity index (χ4v) is 4.92. The summed E-state index contributed by atoms with van der Waals surface area (Å²) in [6, 6.07) is 5.93. The first kappa shape index (κ1) is 22.1. The van der Waals surface area contributed by atoms with Crippen LogP contribution in [0.25, 0.3) is 11.6 Å². The number of hydrogen-bond acceptors (Lipinski definition) is 2. The molecule has 0 bridgehead atoms. The summed E-state index contributed by atoms with van der Waals surface area (Å²) in [7, 11) is 0. The van der Waals surface area contributed by atoms with E-state index < -0.39 is 0 Å². The van der Waals surface area contributed by atoms with Gasteiger partial charge in [-0.3, -0.25) is 4.79 Å². The average molecular weight is 521 g/mol. The van der Waals surface area contributed by atoms with Crippen LogP contribution >= 0.6 is 31.9 Å². The second-order valence-corrected chi connectivity index (χ2v) is 11.4. The Labute approximate surface area is 189 Å². The summed E-state index contributed by atoms with van der Waals surface area (Å²) in [6.07, 6.45) is 1.93. The predicted octanol–water partition coefficient (Wildman–Crippen LogP) is 7.31. The Morgan fingerprint density at radius 3 is 1.93 bits per heavy atom. The van der Waals surface area contributed by atoms with Gasteiger partial charge in [-0.15, -0.1) is 0 Å². The lowest BCUT2D eigenvalue weighted by Crippen LogP contribution is -2.17. The van der Waals surface area contributed by atoms with E-state index >= 15 is 0 Å². The van der Waals surface area contributed by atoms with Crippen LogP contribution in [0, 0.1) is 6.92 Å². The number of anilines is 1. The van der Waals surface area contributed by atoms with Gasteiger partial charge in [0.1, 0.15) is 5.75 Å². The molecule has 154 valence electrons. The number of hydrogen-bond donors (Lipinski definition) is 2. The molecule has 1 amide bonds. The summed E-state index contributed by atoms with van der Waals surface area (Å²) < 4.78 is 1.79. The highest BCUT2D eigenvalue weighted by Crippen LogP contribution is 2.45. The number of carbonyl (C=O) groups is 1. The zero-order valence-corrected chi connectivity index (χ0v) is 21.1. The van der Waals surface area contributed by atoms with Crippen molar-refractivity contribution < 1.29 is 9.90 Å². The van der Waals surface area contributed by atoms with Crippen LogP contribution in [0.15, 0.2) is 27.1 Å². The van der Waals surface area contributed by atoms with Crippen molar-refractivity contribution in [1.29, 1.82) is 0 Å². The minimum Gasteiger partial charge on any atom is -0.507 e. The number of aromatic hydroxyl groups is 1. The van der Waals surface area contributed by atoms with E-state index in [9.17, 15) is 9.90 Å². The highest BCUT2D eigenvalue weighted by atomic mass is 79.9. The van der Waals surface area contributed by atoms with Crippen molar-refractivity contribution in [3.63, 3.8) is 0 Å². The van der Waals surface area contributed by atoms with Crippen molar-refractivity contribution in [2.45, 2.75) is 59.3 Å². The fourth-order valence-electron chi connectivity index (χ4n) is 3.66. The summed E-state index contributed by atoms with van der Waals surface area (Å²) in [6.45, 7) is 14.5. The summed E-state index contributed by atoms with van der Waals surface area (Å²) >= 11 is 7.14. The minimum absolute atomic E-state index is 0.121. The smallest absolute Gasteiger partial charge is 0.256 e. The van der Waals surface area contributed by atoms with Gasteiger partial charge in [0.25, 0.3) is 5.91 Å². The van der Waals surface area contributed by atoms with Gasteiger partial charge in [-0.1, -0.05) is 57.5 Å². The summed E-state index contributed by atoms with van der Waals surface area (Å²) in [5.74, 6) is 0.217. The molecule has 1 aliphatic rings. The van der Waals surface area contributed by atoms with Crippen molar-refractivity contribution >= 4 is 55.1 Å². The Bertz CT molecular complexity index is 1020. The van der Waals surface area contributed by atoms with E-state index in [2.05, 4.69) is 78.7 Å². The van der Waals surface area contributed by atoms with E-state index in [1.807, 2.05) is 31.2 Å². The summed E-state index contributed by atoms with van der Waals surface area (Å²) in [5, 5.41) is 13.9. The standard InChI is InChI=1S/C24H27Br2NO2/c1-12-17(25)11-18(26)20-19(12)14(22(29)27-20)8-13-9-15(23(2,3)4)21(28)16(10-13)24(5,6)7/h8-11,28H,1-7H3,(H,27,29). The van der Waals surface area contributed by atoms with Crippen LogP contribution < -0.4 is 5.32 Å². The molecule has 3 nitrogen and oxygen atoms in total. The second-order valence-electron chi connectivity index (χ2n) is 9.69. The van der Waals surface area contributed by atoms with Gasteiger partial charge in [-0.2, -0.15) is 0 Å². The molecular weight excluding hydrogens is 494 g/mol. The topological polar surface area (TPSA) is 49.3 Å². The van der Waals surface area contributed by atoms with E-state index in [-0.39, 0.29) is 16.7 Å². The van der Waals surface area contributed by atoms with E-state index in [1.54, 1.807) is 0 Å². The molecule has 29 heavy (non-hydrogen) atoms. The maximum atomic E-state index is 12.8. The lowest BCUT2D eigenvalue weighted by Gasteiger charge is -2.28. The van der Waals surface area contributed by atoms with Crippen LogP contribution in [0.4, 0.5) is 5.69 Å². The zero-order valence-electron chi connectivity index (χ0n) is 17.9. The summed E-state index contributed by atoms with van der Waals surface area (Å²) in [5.41, 5.74) is 5.55. The van der Waals surface area contributed by atoms with Crippen LogP contribution in [-0.4, -0.2) is 11.0 Å². The molecule has 0 saturated heterocycles. The molecule has 0 aromatic heterocycles. The van der Waals surface area contributed by atoms with E-state index in [0.717, 1.165) is 42.5 Å². The molecule has 2 N–H and O–H groups in total. The number of benzene rings is 2. The third kappa shape index (κ3) is 4.04. The number of nitrogens with one attached hydrogen (secondary N) is 1. The molecule has 0 fully saturated rings. The number of phenols is 1. The normalized spacial score (nSPS) is 15.6. The fraction of sp³-hybridized carbons (Fsp3) is 0.375. The van der Waals surface area contributed by atoms with Gasteiger partial charge in [0, 0.05) is 31.2 Å². The van der Waals surface area contributed by atoms with Gasteiger partial charge < -0.3 is 10.4 Å². The Balaban J connectivity index is 2.29. The molecular formula is C24H27Br2NO2. The van der Waals surface area contributed by atoms with Crippen molar-refractivity contribution in [2.75, 3.05) is 5.32 Å². The first-order valence-corrected chi connectivity index (χ1v) is 11.2. The van der Waals surface area contributed by atoms with Crippen LogP contribution in [0.1, 0.15) is 69.4 Å². The van der Waals surface area contributed by atoms with E-state index in [4.69, 9.17) is 0 Å². The molecule has 0 saturated carbocycles. The first-order valence-electron chi connectivity index (χ1n) is 9.62. The van der Waals surface area contributed by atoms with Crippen molar-refractivity contribution in [2.24, 2.45) is 0 Å². The van der Waals surface area contributed by atoms with Crippen molar-refractivity contribution in [1.82, 2.24) is 0 Å². The zero-order chi connectivity index (χ0) is 21.9. The Morgan fingerprint density at radius 1 is 0.931 bits per heavy atom. The molecule has 0 unspecified atom stereocenters. The predicted molar refractivity (Wildman–Crippen MR) is 129 cm³/mol. The van der Waals surface area contributed by atoms with Gasteiger partial charge in [-0.25, -0.2) is 0 Å². The Kier molecular flexibility index (Phi) is 5.55. The average Bonchev–Trinajstić information content (AvgIpc) is 2.89. The number of halogens is 2. The van der Waals surface area contributed by atoms with Crippen LogP contribution in [-0.2, 0) is 15.6 Å². The van der Waals surface area contributed by atoms with Crippen molar-refractivity contribution in [3.05, 3.63) is 55.0 Å². The second kappa shape index (κ2) is 7.28. The van der Waals surface area contributed by atoms with E-state index in [0.29, 0.717) is 11.3 Å². The Hall–Kier alpha value is -1.59. The highest BCUT2D eigenvalue weighted by Gasteiger charge is 2.30. The first-order chi connectivity index (χ1) is 13.2. The van der Waals surface area contributed by atoms with Crippen molar-refractivity contribution in [3.8, 4) is 5.75 Å².